The van der Waals surface area contributed by atoms with E-state index >= 15 is 0 Å². The van der Waals surface area contributed by atoms with Gasteiger partial charge < -0.3 is 14.2 Å². The van der Waals surface area contributed by atoms with Crippen molar-refractivity contribution in [2.45, 2.75) is 51.9 Å². The summed E-state index contributed by atoms with van der Waals surface area (Å²) in [6.45, 7) is 6.48. The fourth-order valence-corrected chi connectivity index (χ4v) is 4.57. The lowest BCUT2D eigenvalue weighted by Crippen LogP contribution is -2.72. The highest BCUT2D eigenvalue weighted by Crippen LogP contribution is 2.46. The van der Waals surface area contributed by atoms with Crippen molar-refractivity contribution in [2.24, 2.45) is 0 Å². The van der Waals surface area contributed by atoms with Crippen LogP contribution >= 0.6 is 0 Å². The van der Waals surface area contributed by atoms with E-state index in [1.165, 1.54) is 0 Å². The van der Waals surface area contributed by atoms with Crippen LogP contribution in [0.15, 0.2) is 47.3 Å². The molecule has 7 heteroatoms. The molecule has 1 aromatic carbocycles. The number of likely N-dealkylation sites (N-methyl/N-ethyl adjacent to an activating group) is 1. The zero-order valence-electron chi connectivity index (χ0n) is 16.9. The summed E-state index contributed by atoms with van der Waals surface area (Å²) in [6.07, 6.45) is 3.68. The third kappa shape index (κ3) is 2.75. The van der Waals surface area contributed by atoms with Gasteiger partial charge in [-0.3, -0.25) is 19.3 Å². The van der Waals surface area contributed by atoms with Crippen molar-refractivity contribution >= 4 is 23.4 Å². The minimum absolute atomic E-state index is 0.136. The van der Waals surface area contributed by atoms with E-state index in [1.807, 2.05) is 26.8 Å². The third-order valence-electron chi connectivity index (χ3n) is 5.78. The molecule has 3 amide bonds. The predicted molar refractivity (Wildman–Crippen MR) is 107 cm³/mol. The van der Waals surface area contributed by atoms with Gasteiger partial charge in [-0.2, -0.15) is 0 Å². The van der Waals surface area contributed by atoms with Crippen LogP contribution in [0.4, 0.5) is 5.69 Å². The van der Waals surface area contributed by atoms with Crippen molar-refractivity contribution in [2.75, 3.05) is 11.4 Å². The Morgan fingerprint density at radius 3 is 2.66 bits per heavy atom. The summed E-state index contributed by atoms with van der Waals surface area (Å²) >= 11 is 0. The number of carbonyl (C=O) groups is 3. The fraction of sp³-hybridized carbons (Fsp3) is 0.409. The Bertz CT molecular complexity index is 953. The number of amides is 3. The molecular weight excluding hydrogens is 370 g/mol. The number of para-hydroxylation sites is 1. The van der Waals surface area contributed by atoms with Crippen molar-refractivity contribution in [1.82, 2.24) is 9.80 Å². The van der Waals surface area contributed by atoms with E-state index in [1.54, 1.807) is 51.5 Å². The van der Waals surface area contributed by atoms with Gasteiger partial charge in [-0.05, 0) is 39.0 Å². The molecule has 1 fully saturated rings. The number of fused-ring (bicyclic) bond motifs is 3. The summed E-state index contributed by atoms with van der Waals surface area (Å²) in [6, 6.07) is 8.61. The van der Waals surface area contributed by atoms with E-state index in [0.29, 0.717) is 24.3 Å². The Morgan fingerprint density at radius 2 is 2.00 bits per heavy atom. The molecule has 0 unspecified atom stereocenters. The maximum absolute atomic E-state index is 14.0. The summed E-state index contributed by atoms with van der Waals surface area (Å²) in [7, 11) is 0. The lowest BCUT2D eigenvalue weighted by Gasteiger charge is -2.52. The summed E-state index contributed by atoms with van der Waals surface area (Å²) in [5.41, 5.74) is 0.504. The second-order valence-electron chi connectivity index (χ2n) is 7.78. The van der Waals surface area contributed by atoms with Crippen LogP contribution in [-0.2, 0) is 16.1 Å². The Labute approximate surface area is 169 Å². The van der Waals surface area contributed by atoms with Gasteiger partial charge in [0.15, 0.2) is 0 Å². The summed E-state index contributed by atoms with van der Waals surface area (Å²) < 4.78 is 5.14. The first-order valence-corrected chi connectivity index (χ1v) is 9.98. The molecule has 7 nitrogen and oxygen atoms in total. The summed E-state index contributed by atoms with van der Waals surface area (Å²) in [5, 5.41) is 0. The number of benzene rings is 1. The highest BCUT2D eigenvalue weighted by Gasteiger charge is 2.62. The van der Waals surface area contributed by atoms with Gasteiger partial charge in [0, 0.05) is 37.5 Å². The Hall–Kier alpha value is -3.09. The average molecular weight is 395 g/mol. The van der Waals surface area contributed by atoms with Crippen LogP contribution in [0.3, 0.4) is 0 Å². The number of hydrogen-bond donors (Lipinski definition) is 0. The molecular formula is C22H25N3O4. The quantitative estimate of drug-likeness (QED) is 0.780. The molecule has 152 valence electrons. The summed E-state index contributed by atoms with van der Waals surface area (Å²) in [4.78, 5) is 45.3. The maximum atomic E-state index is 14.0. The lowest BCUT2D eigenvalue weighted by atomic mass is 9.93. The standard InChI is InChI=1S/C22H25N3O4/c1-4-23(13-16-10-12-29-14-16)21(28)22-11-9-19(26)25(22)18-8-6-5-7-17(18)20(27)24(22)15(2)3/h5-8,10,12,14-15H,4,9,11,13H2,1-3H3/t22-/m0/s1. The van der Waals surface area contributed by atoms with Crippen molar-refractivity contribution in [1.29, 1.82) is 0 Å². The number of rotatable bonds is 5. The van der Waals surface area contributed by atoms with E-state index in [2.05, 4.69) is 0 Å². The highest BCUT2D eigenvalue weighted by molar-refractivity contribution is 6.16. The smallest absolute Gasteiger partial charge is 0.270 e. The Balaban J connectivity index is 1.86. The van der Waals surface area contributed by atoms with Crippen molar-refractivity contribution in [3.8, 4) is 0 Å². The fourth-order valence-electron chi connectivity index (χ4n) is 4.57. The van der Waals surface area contributed by atoms with Crippen LogP contribution in [0.1, 0.15) is 49.5 Å². The largest absolute Gasteiger partial charge is 0.472 e. The second kappa shape index (κ2) is 7.06. The highest BCUT2D eigenvalue weighted by atomic mass is 16.3. The summed E-state index contributed by atoms with van der Waals surface area (Å²) in [5.74, 6) is -0.582. The van der Waals surface area contributed by atoms with Gasteiger partial charge in [0.1, 0.15) is 0 Å². The second-order valence-corrected chi connectivity index (χ2v) is 7.78. The topological polar surface area (TPSA) is 74.1 Å². The van der Waals surface area contributed by atoms with Crippen molar-refractivity contribution < 1.29 is 18.8 Å². The zero-order valence-corrected chi connectivity index (χ0v) is 16.9. The third-order valence-corrected chi connectivity index (χ3v) is 5.78. The molecule has 2 aromatic rings. The van der Waals surface area contributed by atoms with Gasteiger partial charge in [-0.1, -0.05) is 12.1 Å². The van der Waals surface area contributed by atoms with Crippen LogP contribution < -0.4 is 4.90 Å². The molecule has 0 radical (unpaired) electrons. The lowest BCUT2D eigenvalue weighted by molar-refractivity contribution is -0.145. The van der Waals surface area contributed by atoms with Crippen LogP contribution in [0.2, 0.25) is 0 Å². The molecule has 0 N–H and O–H groups in total. The van der Waals surface area contributed by atoms with E-state index in [0.717, 1.165) is 5.56 Å². The van der Waals surface area contributed by atoms with E-state index in [-0.39, 0.29) is 36.6 Å². The minimum atomic E-state index is -1.34. The molecule has 1 atom stereocenters. The average Bonchev–Trinajstić information content (AvgIpc) is 3.34. The molecule has 0 spiro atoms. The van der Waals surface area contributed by atoms with Crippen LogP contribution in [0.5, 0.6) is 0 Å². The normalized spacial score (nSPS) is 20.8. The van der Waals surface area contributed by atoms with Crippen LogP contribution in [0.25, 0.3) is 0 Å². The first-order valence-electron chi connectivity index (χ1n) is 9.98. The molecule has 2 aliphatic rings. The predicted octanol–water partition coefficient (Wildman–Crippen LogP) is 3.02. The first-order chi connectivity index (χ1) is 13.9. The van der Waals surface area contributed by atoms with Gasteiger partial charge in [0.2, 0.25) is 11.6 Å². The van der Waals surface area contributed by atoms with Gasteiger partial charge in [-0.25, -0.2) is 0 Å². The molecule has 0 aliphatic carbocycles. The number of carbonyl (C=O) groups excluding carboxylic acids is 3. The Morgan fingerprint density at radius 1 is 1.24 bits per heavy atom. The number of anilines is 1. The molecule has 2 aliphatic heterocycles. The van der Waals surface area contributed by atoms with Crippen molar-refractivity contribution in [3.63, 3.8) is 0 Å². The number of furan rings is 1. The molecule has 29 heavy (non-hydrogen) atoms. The minimum Gasteiger partial charge on any atom is -0.472 e. The molecule has 3 heterocycles. The van der Waals surface area contributed by atoms with Gasteiger partial charge >= 0.3 is 0 Å². The maximum Gasteiger partial charge on any atom is 0.270 e. The van der Waals surface area contributed by atoms with E-state index < -0.39 is 5.66 Å². The SMILES string of the molecule is CCN(Cc1ccoc1)C(=O)[C@]12CCC(=O)N1c1ccccc1C(=O)N2C(C)C. The molecule has 1 aromatic heterocycles. The molecule has 0 saturated carbocycles. The monoisotopic (exact) mass is 395 g/mol. The molecule has 1 saturated heterocycles. The van der Waals surface area contributed by atoms with E-state index in [9.17, 15) is 14.4 Å². The van der Waals surface area contributed by atoms with Crippen molar-refractivity contribution in [3.05, 3.63) is 54.0 Å². The van der Waals surface area contributed by atoms with Crippen LogP contribution in [0, 0.1) is 0 Å². The van der Waals surface area contributed by atoms with Crippen LogP contribution in [-0.4, -0.2) is 45.8 Å². The van der Waals surface area contributed by atoms with E-state index in [4.69, 9.17) is 4.42 Å². The van der Waals surface area contributed by atoms with Gasteiger partial charge in [0.05, 0.1) is 23.8 Å². The number of nitrogens with zero attached hydrogens (tertiary/aromatic N) is 3. The first kappa shape index (κ1) is 19.2. The molecule has 4 rings (SSSR count). The zero-order chi connectivity index (χ0) is 20.8. The Kier molecular flexibility index (Phi) is 4.68. The van der Waals surface area contributed by atoms with Gasteiger partial charge in [-0.15, -0.1) is 0 Å². The van der Waals surface area contributed by atoms with Gasteiger partial charge in [0.25, 0.3) is 11.8 Å². The molecule has 0 bridgehead atoms. The number of hydrogen-bond acceptors (Lipinski definition) is 4.